The molecule has 0 aromatic carbocycles. The number of hydrogen-bond donors (Lipinski definition) is 0. The largest absolute Gasteiger partial charge is 0.314 e. The lowest BCUT2D eigenvalue weighted by Crippen LogP contribution is -2.42. The number of hydrogen-bond acceptors (Lipinski definition) is 0. The van der Waals surface area contributed by atoms with Gasteiger partial charge in [0.05, 0.1) is 0 Å². The summed E-state index contributed by atoms with van der Waals surface area (Å²) in [5.41, 5.74) is 0.493. The van der Waals surface area contributed by atoms with Crippen LogP contribution in [-0.4, -0.2) is 11.8 Å². The number of alkyl halides is 4. The van der Waals surface area contributed by atoms with Crippen LogP contribution in [0, 0.1) is 0 Å². The molecule has 1 aliphatic carbocycles. The molecule has 1 rings (SSSR count). The molecule has 0 aromatic rings. The molecular formula is C12H18F4. The van der Waals surface area contributed by atoms with Crippen LogP contribution < -0.4 is 0 Å². The van der Waals surface area contributed by atoms with E-state index in [2.05, 4.69) is 6.92 Å². The number of unbranched alkanes of at least 4 members (excludes halogenated alkanes) is 3. The van der Waals surface area contributed by atoms with E-state index in [1.165, 1.54) is 6.08 Å². The van der Waals surface area contributed by atoms with Crippen molar-refractivity contribution in [1.29, 1.82) is 0 Å². The average Bonchev–Trinajstić information content (AvgIpc) is 2.18. The molecule has 0 bridgehead atoms. The molecule has 0 unspecified atom stereocenters. The molecule has 1 aliphatic rings. The second-order valence-corrected chi connectivity index (χ2v) is 4.46. The summed E-state index contributed by atoms with van der Waals surface area (Å²) in [6.07, 6.45) is 4.19. The van der Waals surface area contributed by atoms with Crippen molar-refractivity contribution in [3.63, 3.8) is 0 Å². The molecule has 4 heteroatoms. The molecule has 0 radical (unpaired) electrons. The van der Waals surface area contributed by atoms with E-state index in [1.807, 2.05) is 0 Å². The molecule has 94 valence electrons. The van der Waals surface area contributed by atoms with Crippen LogP contribution in [0.5, 0.6) is 0 Å². The summed E-state index contributed by atoms with van der Waals surface area (Å²) in [4.78, 5) is 0. The Hall–Kier alpha value is -0.540. The van der Waals surface area contributed by atoms with Crippen LogP contribution in [0.25, 0.3) is 0 Å². The van der Waals surface area contributed by atoms with Crippen molar-refractivity contribution in [2.45, 2.75) is 63.7 Å². The second-order valence-electron chi connectivity index (χ2n) is 4.46. The molecule has 16 heavy (non-hydrogen) atoms. The minimum Gasteiger partial charge on any atom is -0.200 e. The van der Waals surface area contributed by atoms with E-state index in [0.717, 1.165) is 25.7 Å². The minimum atomic E-state index is -3.86. The van der Waals surface area contributed by atoms with Crippen molar-refractivity contribution < 1.29 is 17.6 Å². The first kappa shape index (κ1) is 13.5. The van der Waals surface area contributed by atoms with Gasteiger partial charge in [0.1, 0.15) is 0 Å². The van der Waals surface area contributed by atoms with Crippen LogP contribution in [0.4, 0.5) is 17.6 Å². The zero-order valence-electron chi connectivity index (χ0n) is 9.54. The van der Waals surface area contributed by atoms with Crippen LogP contribution in [0.3, 0.4) is 0 Å². The van der Waals surface area contributed by atoms with E-state index in [1.54, 1.807) is 0 Å². The van der Waals surface area contributed by atoms with Crippen LogP contribution in [0.1, 0.15) is 51.9 Å². The maximum atomic E-state index is 13.0. The summed E-state index contributed by atoms with van der Waals surface area (Å²) in [6, 6.07) is 0. The summed E-state index contributed by atoms with van der Waals surface area (Å²) in [5, 5.41) is 0. The number of halogens is 4. The van der Waals surface area contributed by atoms with E-state index in [0.29, 0.717) is 12.0 Å². The predicted molar refractivity (Wildman–Crippen MR) is 56.0 cm³/mol. The topological polar surface area (TPSA) is 0 Å². The van der Waals surface area contributed by atoms with E-state index in [-0.39, 0.29) is 0 Å². The van der Waals surface area contributed by atoms with Gasteiger partial charge in [0.15, 0.2) is 0 Å². The Morgan fingerprint density at radius 3 is 2.31 bits per heavy atom. The Labute approximate surface area is 93.7 Å². The molecule has 0 amide bonds. The molecular weight excluding hydrogens is 220 g/mol. The summed E-state index contributed by atoms with van der Waals surface area (Å²) < 4.78 is 51.6. The smallest absolute Gasteiger partial charge is 0.200 e. The van der Waals surface area contributed by atoms with Gasteiger partial charge in [-0.25, -0.2) is 0 Å². The first-order valence-corrected chi connectivity index (χ1v) is 5.82. The van der Waals surface area contributed by atoms with Gasteiger partial charge in [-0.3, -0.25) is 0 Å². The fourth-order valence-corrected chi connectivity index (χ4v) is 1.88. The van der Waals surface area contributed by atoms with Gasteiger partial charge in [-0.05, 0) is 12.8 Å². The molecule has 0 N–H and O–H groups in total. The third kappa shape index (κ3) is 3.22. The van der Waals surface area contributed by atoms with E-state index >= 15 is 0 Å². The highest BCUT2D eigenvalue weighted by Gasteiger charge is 2.56. The first-order valence-electron chi connectivity index (χ1n) is 5.82. The summed E-state index contributed by atoms with van der Waals surface area (Å²) in [6.45, 7) is 2.06. The Kier molecular flexibility index (Phi) is 4.39. The van der Waals surface area contributed by atoms with Crippen molar-refractivity contribution in [2.75, 3.05) is 0 Å². The van der Waals surface area contributed by atoms with Gasteiger partial charge in [0, 0.05) is 12.8 Å². The Morgan fingerprint density at radius 1 is 1.06 bits per heavy atom. The Balaban J connectivity index is 2.43. The van der Waals surface area contributed by atoms with E-state index < -0.39 is 24.7 Å². The average molecular weight is 238 g/mol. The first-order chi connectivity index (χ1) is 7.39. The van der Waals surface area contributed by atoms with Gasteiger partial charge in [-0.2, -0.15) is 17.6 Å². The molecule has 0 nitrogen and oxygen atoms in total. The van der Waals surface area contributed by atoms with Gasteiger partial charge in [0.2, 0.25) is 0 Å². The molecule has 0 heterocycles. The van der Waals surface area contributed by atoms with Crippen molar-refractivity contribution in [1.82, 2.24) is 0 Å². The molecule has 0 atom stereocenters. The Morgan fingerprint density at radius 2 is 1.75 bits per heavy atom. The molecule has 0 aromatic heterocycles. The zero-order chi connectivity index (χ0) is 12.2. The summed E-state index contributed by atoms with van der Waals surface area (Å²) in [5.74, 6) is -7.72. The lowest BCUT2D eigenvalue weighted by molar-refractivity contribution is -0.209. The molecule has 0 spiro atoms. The minimum absolute atomic E-state index is 0.493. The summed E-state index contributed by atoms with van der Waals surface area (Å²) >= 11 is 0. The van der Waals surface area contributed by atoms with Gasteiger partial charge < -0.3 is 0 Å². The van der Waals surface area contributed by atoms with Crippen LogP contribution in [0.15, 0.2) is 11.6 Å². The number of allylic oxidation sites excluding steroid dienone is 2. The van der Waals surface area contributed by atoms with Crippen molar-refractivity contribution in [3.05, 3.63) is 11.6 Å². The quantitative estimate of drug-likeness (QED) is 0.361. The molecule has 0 saturated heterocycles. The standard InChI is InChI=1S/C12H18F4/c1-2-3-4-5-6-10-7-8-11(13,14)12(15,16)9-10/h7H,2-6,8-9H2,1H3. The van der Waals surface area contributed by atoms with Crippen molar-refractivity contribution in [3.8, 4) is 0 Å². The highest BCUT2D eigenvalue weighted by Crippen LogP contribution is 2.45. The maximum Gasteiger partial charge on any atom is 0.314 e. The van der Waals surface area contributed by atoms with Gasteiger partial charge >= 0.3 is 11.8 Å². The van der Waals surface area contributed by atoms with Crippen LogP contribution >= 0.6 is 0 Å². The lowest BCUT2D eigenvalue weighted by atomic mass is 9.89. The van der Waals surface area contributed by atoms with E-state index in [4.69, 9.17) is 0 Å². The third-order valence-electron chi connectivity index (χ3n) is 2.98. The highest BCUT2D eigenvalue weighted by molar-refractivity contribution is 5.14. The monoisotopic (exact) mass is 238 g/mol. The SMILES string of the molecule is CCCCCCC1=CCC(F)(F)C(F)(F)C1. The fraction of sp³-hybridized carbons (Fsp3) is 0.833. The van der Waals surface area contributed by atoms with Gasteiger partial charge in [0.25, 0.3) is 0 Å². The molecule has 0 fully saturated rings. The van der Waals surface area contributed by atoms with Crippen LogP contribution in [-0.2, 0) is 0 Å². The summed E-state index contributed by atoms with van der Waals surface area (Å²) in [7, 11) is 0. The number of rotatable bonds is 5. The van der Waals surface area contributed by atoms with E-state index in [9.17, 15) is 17.6 Å². The second kappa shape index (κ2) is 5.19. The third-order valence-corrected chi connectivity index (χ3v) is 2.98. The fourth-order valence-electron chi connectivity index (χ4n) is 1.88. The van der Waals surface area contributed by atoms with Gasteiger partial charge in [-0.15, -0.1) is 0 Å². The normalized spacial score (nSPS) is 22.9. The maximum absolute atomic E-state index is 13.0. The van der Waals surface area contributed by atoms with Crippen molar-refractivity contribution >= 4 is 0 Å². The van der Waals surface area contributed by atoms with Crippen LogP contribution in [0.2, 0.25) is 0 Å². The predicted octanol–water partition coefficient (Wildman–Crippen LogP) is 4.95. The zero-order valence-corrected chi connectivity index (χ0v) is 9.54. The Bertz CT molecular complexity index is 256. The van der Waals surface area contributed by atoms with Gasteiger partial charge in [-0.1, -0.05) is 37.8 Å². The lowest BCUT2D eigenvalue weighted by Gasteiger charge is -2.30. The molecule has 0 saturated carbocycles. The molecule has 0 aliphatic heterocycles. The van der Waals surface area contributed by atoms with Crippen molar-refractivity contribution in [2.24, 2.45) is 0 Å². The highest BCUT2D eigenvalue weighted by atomic mass is 19.3.